The maximum absolute atomic E-state index is 11.0. The Morgan fingerprint density at radius 3 is 2.72 bits per heavy atom. The molecule has 1 saturated carbocycles. The highest BCUT2D eigenvalue weighted by Crippen LogP contribution is 2.46. The summed E-state index contributed by atoms with van der Waals surface area (Å²) in [5.74, 6) is 0.701. The first-order valence-corrected chi connectivity index (χ1v) is 6.88. The Labute approximate surface area is 115 Å². The number of halogens is 1. The maximum Gasteiger partial charge on any atom is 0.303 e. The third-order valence-corrected chi connectivity index (χ3v) is 4.38. The fraction of sp³-hybridized carbons (Fsp3) is 0.500. The molecule has 1 unspecified atom stereocenters. The largest absolute Gasteiger partial charge is 0.496 e. The van der Waals surface area contributed by atoms with Gasteiger partial charge in [-0.05, 0) is 49.3 Å². The summed E-state index contributed by atoms with van der Waals surface area (Å²) in [6, 6.07) is 4.01. The second-order valence-electron chi connectivity index (χ2n) is 4.87. The van der Waals surface area contributed by atoms with Gasteiger partial charge >= 0.3 is 5.97 Å². The molecule has 0 heterocycles. The van der Waals surface area contributed by atoms with Gasteiger partial charge in [-0.2, -0.15) is 0 Å². The van der Waals surface area contributed by atoms with E-state index < -0.39 is 5.97 Å². The number of rotatable bonds is 5. The molecule has 1 aliphatic rings. The molecule has 1 atom stereocenters. The number of carboxylic acid groups (broad SMARTS) is 1. The molecule has 0 saturated heterocycles. The first-order valence-electron chi connectivity index (χ1n) is 6.08. The average Bonchev–Trinajstić information content (AvgIpc) is 3.13. The summed E-state index contributed by atoms with van der Waals surface area (Å²) in [7, 11) is 1.64. The number of carbonyl (C=O) groups is 1. The molecule has 0 radical (unpaired) electrons. The van der Waals surface area contributed by atoms with Crippen molar-refractivity contribution in [3.8, 4) is 5.75 Å². The van der Waals surface area contributed by atoms with Gasteiger partial charge in [-0.15, -0.1) is 0 Å². The van der Waals surface area contributed by atoms with Crippen LogP contribution < -0.4 is 4.74 Å². The first-order chi connectivity index (χ1) is 8.52. The Morgan fingerprint density at radius 2 is 2.22 bits per heavy atom. The molecule has 0 bridgehead atoms. The van der Waals surface area contributed by atoms with Crippen molar-refractivity contribution in [2.75, 3.05) is 7.11 Å². The van der Waals surface area contributed by atoms with E-state index in [0.29, 0.717) is 5.92 Å². The van der Waals surface area contributed by atoms with Gasteiger partial charge in [-0.1, -0.05) is 15.9 Å². The summed E-state index contributed by atoms with van der Waals surface area (Å²) in [5, 5.41) is 9.03. The number of carboxylic acids is 1. The number of methoxy groups -OCH3 is 1. The molecule has 1 fully saturated rings. The van der Waals surface area contributed by atoms with Crippen molar-refractivity contribution < 1.29 is 14.6 Å². The maximum atomic E-state index is 11.0. The Bertz CT molecular complexity index is 466. The van der Waals surface area contributed by atoms with Crippen LogP contribution in [0.4, 0.5) is 0 Å². The lowest BCUT2D eigenvalue weighted by Gasteiger charge is -2.17. The number of ether oxygens (including phenoxy) is 1. The topological polar surface area (TPSA) is 46.5 Å². The Hall–Kier alpha value is -1.03. The molecule has 1 aromatic carbocycles. The zero-order valence-corrected chi connectivity index (χ0v) is 12.2. The molecule has 2 rings (SSSR count). The summed E-state index contributed by atoms with van der Waals surface area (Å²) >= 11 is 3.51. The van der Waals surface area contributed by atoms with Crippen LogP contribution in [-0.4, -0.2) is 18.2 Å². The summed E-state index contributed by atoms with van der Waals surface area (Å²) in [6.45, 7) is 1.98. The molecule has 98 valence electrons. The van der Waals surface area contributed by atoms with E-state index in [-0.39, 0.29) is 12.3 Å². The molecule has 0 aliphatic heterocycles. The predicted molar refractivity (Wildman–Crippen MR) is 73.1 cm³/mol. The van der Waals surface area contributed by atoms with Gasteiger partial charge in [0.15, 0.2) is 0 Å². The van der Waals surface area contributed by atoms with Crippen molar-refractivity contribution in [1.82, 2.24) is 0 Å². The minimum Gasteiger partial charge on any atom is -0.496 e. The van der Waals surface area contributed by atoms with Gasteiger partial charge in [0.1, 0.15) is 5.75 Å². The van der Waals surface area contributed by atoms with Gasteiger partial charge in [0.25, 0.3) is 0 Å². The molecule has 18 heavy (non-hydrogen) atoms. The highest BCUT2D eigenvalue weighted by molar-refractivity contribution is 9.10. The Morgan fingerprint density at radius 1 is 1.56 bits per heavy atom. The Balaban J connectivity index is 2.35. The first kappa shape index (κ1) is 13.4. The van der Waals surface area contributed by atoms with Crippen molar-refractivity contribution in [3.05, 3.63) is 27.7 Å². The van der Waals surface area contributed by atoms with Crippen molar-refractivity contribution in [3.63, 3.8) is 0 Å². The minimum atomic E-state index is -0.734. The van der Waals surface area contributed by atoms with Crippen LogP contribution in [0.25, 0.3) is 0 Å². The number of benzene rings is 1. The van der Waals surface area contributed by atoms with Gasteiger partial charge < -0.3 is 9.84 Å². The molecular formula is C14H17BrO3. The van der Waals surface area contributed by atoms with E-state index in [1.54, 1.807) is 7.11 Å². The number of hydrogen-bond donors (Lipinski definition) is 1. The lowest BCUT2D eigenvalue weighted by molar-refractivity contribution is -0.137. The van der Waals surface area contributed by atoms with Crippen molar-refractivity contribution in [1.29, 1.82) is 0 Å². The lowest BCUT2D eigenvalue weighted by Crippen LogP contribution is -2.09. The lowest BCUT2D eigenvalue weighted by atomic mass is 9.90. The van der Waals surface area contributed by atoms with Crippen LogP contribution in [0.5, 0.6) is 5.75 Å². The van der Waals surface area contributed by atoms with Crippen LogP contribution in [0.15, 0.2) is 16.6 Å². The van der Waals surface area contributed by atoms with E-state index in [0.717, 1.165) is 34.2 Å². The van der Waals surface area contributed by atoms with Crippen molar-refractivity contribution in [2.24, 2.45) is 5.92 Å². The Kier molecular flexibility index (Phi) is 3.95. The third-order valence-electron chi connectivity index (χ3n) is 3.55. The van der Waals surface area contributed by atoms with Crippen molar-refractivity contribution >= 4 is 21.9 Å². The fourth-order valence-corrected chi connectivity index (χ4v) is 2.80. The summed E-state index contributed by atoms with van der Waals surface area (Å²) < 4.78 is 6.32. The van der Waals surface area contributed by atoms with E-state index in [4.69, 9.17) is 9.84 Å². The van der Waals surface area contributed by atoms with E-state index in [9.17, 15) is 4.79 Å². The molecule has 0 aromatic heterocycles. The SMILES string of the molecule is COc1cc(C(CC(=O)O)C2CC2)cc(Br)c1C. The van der Waals surface area contributed by atoms with Crippen LogP contribution in [0.2, 0.25) is 0 Å². The van der Waals surface area contributed by atoms with E-state index in [1.807, 2.05) is 19.1 Å². The monoisotopic (exact) mass is 312 g/mol. The second-order valence-corrected chi connectivity index (χ2v) is 5.73. The average molecular weight is 313 g/mol. The van der Waals surface area contributed by atoms with Crippen molar-refractivity contribution in [2.45, 2.75) is 32.1 Å². The minimum absolute atomic E-state index is 0.105. The van der Waals surface area contributed by atoms with Crippen LogP contribution >= 0.6 is 15.9 Å². The third kappa shape index (κ3) is 2.86. The molecule has 1 aromatic rings. The van der Waals surface area contributed by atoms with Gasteiger partial charge in [0.05, 0.1) is 13.5 Å². The van der Waals surface area contributed by atoms with Gasteiger partial charge in [-0.3, -0.25) is 4.79 Å². The highest BCUT2D eigenvalue weighted by Gasteiger charge is 2.34. The van der Waals surface area contributed by atoms with Crippen LogP contribution in [0.3, 0.4) is 0 Å². The summed E-state index contributed by atoms with van der Waals surface area (Å²) in [6.07, 6.45) is 2.46. The summed E-state index contributed by atoms with van der Waals surface area (Å²) in [4.78, 5) is 11.0. The van der Waals surface area contributed by atoms with Gasteiger partial charge in [-0.25, -0.2) is 0 Å². The molecule has 4 heteroatoms. The molecule has 0 spiro atoms. The van der Waals surface area contributed by atoms with Gasteiger partial charge in [0.2, 0.25) is 0 Å². The fourth-order valence-electron chi connectivity index (χ4n) is 2.34. The normalized spacial score (nSPS) is 16.4. The smallest absolute Gasteiger partial charge is 0.303 e. The van der Waals surface area contributed by atoms with E-state index >= 15 is 0 Å². The number of hydrogen-bond acceptors (Lipinski definition) is 2. The van der Waals surface area contributed by atoms with Crippen LogP contribution in [-0.2, 0) is 4.79 Å². The van der Waals surface area contributed by atoms with Gasteiger partial charge in [0, 0.05) is 10.0 Å². The van der Waals surface area contributed by atoms with Crippen LogP contribution in [0, 0.1) is 12.8 Å². The van der Waals surface area contributed by atoms with E-state index in [1.165, 1.54) is 0 Å². The predicted octanol–water partition coefficient (Wildman–Crippen LogP) is 3.73. The number of aliphatic carboxylic acids is 1. The standard InChI is InChI=1S/C14H17BrO3/c1-8-12(15)5-10(6-13(8)18-2)11(7-14(16)17)9-3-4-9/h5-6,9,11H,3-4,7H2,1-2H3,(H,16,17). The zero-order valence-electron chi connectivity index (χ0n) is 10.6. The van der Waals surface area contributed by atoms with Crippen LogP contribution in [0.1, 0.15) is 36.3 Å². The quantitative estimate of drug-likeness (QED) is 0.901. The van der Waals surface area contributed by atoms with E-state index in [2.05, 4.69) is 15.9 Å². The highest BCUT2D eigenvalue weighted by atomic mass is 79.9. The molecule has 3 nitrogen and oxygen atoms in total. The molecular weight excluding hydrogens is 296 g/mol. The summed E-state index contributed by atoms with van der Waals surface area (Å²) in [5.41, 5.74) is 2.11. The molecule has 1 N–H and O–H groups in total. The zero-order chi connectivity index (χ0) is 13.3. The molecule has 1 aliphatic carbocycles. The molecule has 0 amide bonds. The second kappa shape index (κ2) is 5.31.